The Hall–Kier alpha value is -4.05. The highest BCUT2D eigenvalue weighted by molar-refractivity contribution is 5.94. The third-order valence-corrected chi connectivity index (χ3v) is 7.17. The lowest BCUT2D eigenvalue weighted by Gasteiger charge is -2.38. The van der Waals surface area contributed by atoms with Crippen LogP contribution in [0.5, 0.6) is 5.75 Å². The molecule has 36 heavy (non-hydrogen) atoms. The lowest BCUT2D eigenvalue weighted by molar-refractivity contribution is -0.135. The fourth-order valence-electron chi connectivity index (χ4n) is 5.52. The van der Waals surface area contributed by atoms with Crippen LogP contribution in [0.1, 0.15) is 22.2 Å². The lowest BCUT2D eigenvalue weighted by atomic mass is 9.86. The van der Waals surface area contributed by atoms with Gasteiger partial charge in [-0.3, -0.25) is 19.4 Å². The molecule has 10 heteroatoms. The number of methoxy groups -OCH3 is 1. The highest BCUT2D eigenvalue weighted by atomic mass is 16.5. The first kappa shape index (κ1) is 23.7. The van der Waals surface area contributed by atoms with Crippen LogP contribution in [0.15, 0.2) is 59.8 Å². The summed E-state index contributed by atoms with van der Waals surface area (Å²) in [5, 5.41) is 10.4. The van der Waals surface area contributed by atoms with E-state index in [-0.39, 0.29) is 36.2 Å². The molecule has 0 unspecified atom stereocenters. The normalized spacial score (nSPS) is 22.2. The number of pyridine rings is 1. The molecule has 5 rings (SSSR count). The minimum absolute atomic E-state index is 0.144. The molecule has 0 radical (unpaired) electrons. The van der Waals surface area contributed by atoms with Crippen molar-refractivity contribution in [3.05, 3.63) is 76.7 Å². The maximum absolute atomic E-state index is 13.7. The number of nitrogens with zero attached hydrogens (tertiary/aromatic N) is 5. The Labute approximate surface area is 207 Å². The minimum atomic E-state index is -0.739. The number of benzene rings is 1. The number of ether oxygens (including phenoxy) is 1. The summed E-state index contributed by atoms with van der Waals surface area (Å²) < 4.78 is 6.95. The van der Waals surface area contributed by atoms with Crippen LogP contribution in [0.25, 0.3) is 11.1 Å². The predicted octanol–water partition coefficient (Wildman–Crippen LogP) is 1.21. The van der Waals surface area contributed by atoms with Crippen molar-refractivity contribution in [2.45, 2.75) is 18.6 Å². The molecule has 186 valence electrons. The minimum Gasteiger partial charge on any atom is -0.497 e. The molecule has 3 aromatic rings. The van der Waals surface area contributed by atoms with Gasteiger partial charge in [-0.2, -0.15) is 0 Å². The van der Waals surface area contributed by atoms with Crippen LogP contribution < -0.4 is 10.3 Å². The quantitative estimate of drug-likeness (QED) is 0.572. The Kier molecular flexibility index (Phi) is 6.05. The van der Waals surface area contributed by atoms with Crippen LogP contribution in [0.2, 0.25) is 0 Å². The molecule has 0 spiro atoms. The van der Waals surface area contributed by atoms with E-state index in [9.17, 15) is 19.5 Å². The number of carbonyl (C=O) groups is 2. The van der Waals surface area contributed by atoms with Gasteiger partial charge in [0.05, 0.1) is 31.3 Å². The second-order valence-corrected chi connectivity index (χ2v) is 9.24. The maximum atomic E-state index is 13.7. The van der Waals surface area contributed by atoms with Gasteiger partial charge in [0.15, 0.2) is 0 Å². The fourth-order valence-corrected chi connectivity index (χ4v) is 5.52. The van der Waals surface area contributed by atoms with Crippen molar-refractivity contribution in [3.63, 3.8) is 0 Å². The van der Waals surface area contributed by atoms with Crippen LogP contribution >= 0.6 is 0 Å². The molecule has 0 saturated carbocycles. The second-order valence-electron chi connectivity index (χ2n) is 9.24. The average molecular weight is 490 g/mol. The van der Waals surface area contributed by atoms with Crippen LogP contribution in [-0.4, -0.2) is 75.1 Å². The molecule has 1 fully saturated rings. The number of hydrogen-bond donors (Lipinski definition) is 1. The summed E-state index contributed by atoms with van der Waals surface area (Å²) in [6.07, 6.45) is 4.29. The van der Waals surface area contributed by atoms with Crippen LogP contribution in [0, 0.1) is 11.8 Å². The molecule has 10 nitrogen and oxygen atoms in total. The first-order valence-electron chi connectivity index (χ1n) is 11.7. The number of aliphatic hydroxyl groups is 1. The largest absolute Gasteiger partial charge is 0.497 e. The van der Waals surface area contributed by atoms with Gasteiger partial charge in [-0.25, -0.2) is 4.98 Å². The molecule has 0 aliphatic carbocycles. The van der Waals surface area contributed by atoms with Gasteiger partial charge in [-0.1, -0.05) is 12.1 Å². The van der Waals surface area contributed by atoms with Gasteiger partial charge in [-0.15, -0.1) is 0 Å². The monoisotopic (exact) mass is 489 g/mol. The summed E-state index contributed by atoms with van der Waals surface area (Å²) >= 11 is 0. The average Bonchev–Trinajstić information content (AvgIpc) is 3.14. The number of carbonyl (C=O) groups excluding carboxylic acids is 2. The predicted molar refractivity (Wildman–Crippen MR) is 130 cm³/mol. The zero-order valence-corrected chi connectivity index (χ0v) is 20.2. The van der Waals surface area contributed by atoms with Crippen molar-refractivity contribution in [2.75, 3.05) is 27.8 Å². The van der Waals surface area contributed by atoms with E-state index in [2.05, 4.69) is 9.97 Å². The van der Waals surface area contributed by atoms with E-state index >= 15 is 0 Å². The van der Waals surface area contributed by atoms with Gasteiger partial charge >= 0.3 is 0 Å². The standard InChI is InChI=1S/C26H27N5O5/c1-29(2)26(35)22-18(14-32)21-13-30-20(23(22)31(21)25(34)19-12-27-9-10-28-19)8-7-17(24(30)33)15-5-4-6-16(11-15)36-3/h4-12,18,21-23,32H,13-14H2,1-3H3/t18-,21-,22+,23+/m0/s1. The van der Waals surface area contributed by atoms with E-state index in [1.54, 1.807) is 54.9 Å². The Morgan fingerprint density at radius 1 is 1.19 bits per heavy atom. The third-order valence-electron chi connectivity index (χ3n) is 7.17. The van der Waals surface area contributed by atoms with E-state index in [0.29, 0.717) is 22.6 Å². The van der Waals surface area contributed by atoms with Crippen molar-refractivity contribution >= 4 is 11.8 Å². The topological polar surface area (TPSA) is 118 Å². The molecule has 2 aromatic heterocycles. The number of hydrogen-bond acceptors (Lipinski definition) is 7. The molecule has 4 atom stereocenters. The molecular formula is C26H27N5O5. The summed E-state index contributed by atoms with van der Waals surface area (Å²) in [5.74, 6) is -1.23. The van der Waals surface area contributed by atoms with Gasteiger partial charge in [0.25, 0.3) is 11.5 Å². The summed E-state index contributed by atoms with van der Waals surface area (Å²) in [7, 11) is 4.86. The van der Waals surface area contributed by atoms with Gasteiger partial charge in [-0.05, 0) is 29.8 Å². The Morgan fingerprint density at radius 2 is 2.00 bits per heavy atom. The van der Waals surface area contributed by atoms with Crippen molar-refractivity contribution in [3.8, 4) is 16.9 Å². The first-order chi connectivity index (χ1) is 17.4. The number of aliphatic hydroxyl groups excluding tert-OH is 1. The van der Waals surface area contributed by atoms with Gasteiger partial charge in [0, 0.05) is 56.8 Å². The van der Waals surface area contributed by atoms with Gasteiger partial charge in [0.1, 0.15) is 11.4 Å². The third kappa shape index (κ3) is 3.65. The van der Waals surface area contributed by atoms with Crippen molar-refractivity contribution in [1.82, 2.24) is 24.3 Å². The Morgan fingerprint density at radius 3 is 2.67 bits per heavy atom. The van der Waals surface area contributed by atoms with Crippen molar-refractivity contribution in [2.24, 2.45) is 11.8 Å². The molecule has 2 aliphatic rings. The number of fused-ring (bicyclic) bond motifs is 4. The van der Waals surface area contributed by atoms with Gasteiger partial charge in [0.2, 0.25) is 5.91 Å². The van der Waals surface area contributed by atoms with E-state index in [1.165, 1.54) is 23.5 Å². The zero-order chi connectivity index (χ0) is 25.6. The lowest BCUT2D eigenvalue weighted by Crippen LogP contribution is -2.49. The van der Waals surface area contributed by atoms with E-state index in [0.717, 1.165) is 0 Å². The molecule has 1 aromatic carbocycles. The fraction of sp³-hybridized carbons (Fsp3) is 0.346. The van der Waals surface area contributed by atoms with E-state index in [1.807, 2.05) is 12.1 Å². The molecular weight excluding hydrogens is 462 g/mol. The van der Waals surface area contributed by atoms with Crippen LogP contribution in [0.4, 0.5) is 0 Å². The molecule has 2 bridgehead atoms. The summed E-state index contributed by atoms with van der Waals surface area (Å²) in [6.45, 7) is -0.155. The molecule has 1 N–H and O–H groups in total. The number of aromatic nitrogens is 3. The molecule has 4 heterocycles. The van der Waals surface area contributed by atoms with Crippen LogP contribution in [-0.2, 0) is 11.3 Å². The molecule has 1 saturated heterocycles. The number of amides is 2. The maximum Gasteiger partial charge on any atom is 0.274 e. The van der Waals surface area contributed by atoms with Crippen molar-refractivity contribution < 1.29 is 19.4 Å². The molecule has 2 aliphatic heterocycles. The van der Waals surface area contributed by atoms with Gasteiger partial charge < -0.3 is 24.2 Å². The first-order valence-corrected chi connectivity index (χ1v) is 11.7. The molecule has 2 amide bonds. The Bertz CT molecular complexity index is 1370. The Balaban J connectivity index is 1.67. The van der Waals surface area contributed by atoms with Crippen LogP contribution in [0.3, 0.4) is 0 Å². The summed E-state index contributed by atoms with van der Waals surface area (Å²) in [5.41, 5.74) is 1.67. The second kappa shape index (κ2) is 9.19. The zero-order valence-electron chi connectivity index (χ0n) is 20.2. The highest BCUT2D eigenvalue weighted by Crippen LogP contribution is 2.49. The highest BCUT2D eigenvalue weighted by Gasteiger charge is 2.58. The summed E-state index contributed by atoms with van der Waals surface area (Å²) in [4.78, 5) is 52.0. The van der Waals surface area contributed by atoms with Crippen molar-refractivity contribution in [1.29, 1.82) is 0 Å². The summed E-state index contributed by atoms with van der Waals surface area (Å²) in [6, 6.07) is 9.45. The SMILES string of the molecule is COc1cccc(-c2ccc3n(c2=O)C[C@H]2[C@H](CO)[C@@H](C(=O)N(C)C)[C@@H]3N2C(=O)c2cnccn2)c1. The van der Waals surface area contributed by atoms with E-state index in [4.69, 9.17) is 4.74 Å². The number of rotatable bonds is 5. The smallest absolute Gasteiger partial charge is 0.274 e. The van der Waals surface area contributed by atoms with E-state index < -0.39 is 23.9 Å².